The summed E-state index contributed by atoms with van der Waals surface area (Å²) in [5.74, 6) is 2.17. The van der Waals surface area contributed by atoms with Gasteiger partial charge in [-0.15, -0.1) is 12.3 Å². The summed E-state index contributed by atoms with van der Waals surface area (Å²) in [5.41, 5.74) is -0.809. The summed E-state index contributed by atoms with van der Waals surface area (Å²) in [6.45, 7) is 1.70. The number of hydrogen-bond donors (Lipinski definition) is 1. The second-order valence-corrected chi connectivity index (χ2v) is 4.42. The number of anilines is 1. The minimum atomic E-state index is -4.45. The van der Waals surface area contributed by atoms with Crippen LogP contribution in [0.15, 0.2) is 16.7 Å². The lowest BCUT2D eigenvalue weighted by molar-refractivity contribution is -0.137. The first-order valence-electron chi connectivity index (χ1n) is 4.77. The lowest BCUT2D eigenvalue weighted by Gasteiger charge is -2.17. The molecule has 2 nitrogen and oxygen atoms in total. The van der Waals surface area contributed by atoms with Crippen molar-refractivity contribution in [2.45, 2.75) is 25.6 Å². The SMILES string of the molecule is C#CCC(C)Nc1ncc(Br)cc1C(F)(F)F. The molecule has 0 spiro atoms. The Morgan fingerprint density at radius 1 is 1.59 bits per heavy atom. The maximum Gasteiger partial charge on any atom is 0.419 e. The molecule has 0 saturated heterocycles. The van der Waals surface area contributed by atoms with Gasteiger partial charge in [-0.2, -0.15) is 13.2 Å². The number of nitrogens with zero attached hydrogens (tertiary/aromatic N) is 1. The lowest BCUT2D eigenvalue weighted by Crippen LogP contribution is -2.19. The van der Waals surface area contributed by atoms with Crippen LogP contribution in [0.5, 0.6) is 0 Å². The van der Waals surface area contributed by atoms with Crippen molar-refractivity contribution in [2.75, 3.05) is 5.32 Å². The van der Waals surface area contributed by atoms with Crippen molar-refractivity contribution in [3.8, 4) is 12.3 Å². The van der Waals surface area contributed by atoms with E-state index in [9.17, 15) is 13.2 Å². The highest BCUT2D eigenvalue weighted by Crippen LogP contribution is 2.35. The van der Waals surface area contributed by atoms with Crippen molar-refractivity contribution in [1.29, 1.82) is 0 Å². The summed E-state index contributed by atoms with van der Waals surface area (Å²) in [5, 5.41) is 2.65. The first-order chi connectivity index (χ1) is 7.84. The van der Waals surface area contributed by atoms with Gasteiger partial charge < -0.3 is 5.32 Å². The average Bonchev–Trinajstić information content (AvgIpc) is 2.19. The first-order valence-corrected chi connectivity index (χ1v) is 5.56. The van der Waals surface area contributed by atoms with Crippen molar-refractivity contribution >= 4 is 21.7 Å². The molecule has 0 radical (unpaired) electrons. The molecule has 1 atom stereocenters. The molecular formula is C11H10BrF3N2. The molecule has 0 fully saturated rings. The normalized spacial score (nSPS) is 12.9. The Morgan fingerprint density at radius 2 is 2.24 bits per heavy atom. The molecule has 0 aromatic carbocycles. The largest absolute Gasteiger partial charge is 0.419 e. The number of pyridine rings is 1. The van der Waals surface area contributed by atoms with Crippen molar-refractivity contribution in [1.82, 2.24) is 4.98 Å². The van der Waals surface area contributed by atoms with E-state index in [0.29, 0.717) is 6.42 Å². The van der Waals surface area contributed by atoms with Gasteiger partial charge in [0.2, 0.25) is 0 Å². The number of rotatable bonds is 3. The van der Waals surface area contributed by atoms with Crippen LogP contribution in [-0.2, 0) is 6.18 Å². The predicted octanol–water partition coefficient (Wildman–Crippen LogP) is 3.69. The highest BCUT2D eigenvalue weighted by atomic mass is 79.9. The van der Waals surface area contributed by atoms with E-state index in [1.165, 1.54) is 6.20 Å². The molecule has 1 aromatic heterocycles. The van der Waals surface area contributed by atoms with Gasteiger partial charge in [0.25, 0.3) is 0 Å². The van der Waals surface area contributed by atoms with Gasteiger partial charge in [-0.1, -0.05) is 0 Å². The van der Waals surface area contributed by atoms with Crippen molar-refractivity contribution in [2.24, 2.45) is 0 Å². The van der Waals surface area contributed by atoms with Crippen molar-refractivity contribution < 1.29 is 13.2 Å². The average molecular weight is 307 g/mol. The molecule has 17 heavy (non-hydrogen) atoms. The Labute approximate surface area is 106 Å². The second-order valence-electron chi connectivity index (χ2n) is 3.50. The Hall–Kier alpha value is -1.22. The Balaban J connectivity index is 3.04. The molecule has 0 aliphatic carbocycles. The van der Waals surface area contributed by atoms with Gasteiger partial charge in [0.1, 0.15) is 5.82 Å². The molecule has 0 aliphatic rings. The Bertz CT molecular complexity index is 437. The van der Waals surface area contributed by atoms with Crippen LogP contribution in [0, 0.1) is 12.3 Å². The molecular weight excluding hydrogens is 297 g/mol. The standard InChI is InChI=1S/C11H10BrF3N2/c1-3-4-7(2)17-10-9(11(13,14)15)5-8(12)6-16-10/h1,5-7H,4H2,2H3,(H,16,17). The highest BCUT2D eigenvalue weighted by molar-refractivity contribution is 9.10. The Kier molecular flexibility index (Phi) is 4.40. The van der Waals surface area contributed by atoms with E-state index in [1.807, 2.05) is 0 Å². The van der Waals surface area contributed by atoms with E-state index in [-0.39, 0.29) is 16.3 Å². The molecule has 1 N–H and O–H groups in total. The topological polar surface area (TPSA) is 24.9 Å². The smallest absolute Gasteiger partial charge is 0.366 e. The van der Waals surface area contributed by atoms with E-state index in [0.717, 1.165) is 6.07 Å². The molecule has 1 heterocycles. The van der Waals surface area contributed by atoms with E-state index in [1.54, 1.807) is 6.92 Å². The third-order valence-electron chi connectivity index (χ3n) is 1.97. The number of halogens is 4. The zero-order chi connectivity index (χ0) is 13.1. The van der Waals surface area contributed by atoms with Gasteiger partial charge >= 0.3 is 6.18 Å². The van der Waals surface area contributed by atoms with E-state index < -0.39 is 11.7 Å². The second kappa shape index (κ2) is 5.41. The summed E-state index contributed by atoms with van der Waals surface area (Å²) >= 11 is 2.96. The third-order valence-corrected chi connectivity index (χ3v) is 2.40. The summed E-state index contributed by atoms with van der Waals surface area (Å²) in [7, 11) is 0. The summed E-state index contributed by atoms with van der Waals surface area (Å²) in [4.78, 5) is 3.72. The van der Waals surface area contributed by atoms with E-state index >= 15 is 0 Å². The number of alkyl halides is 3. The molecule has 92 valence electrons. The fourth-order valence-corrected chi connectivity index (χ4v) is 1.56. The van der Waals surface area contributed by atoms with Crippen LogP contribution in [0.25, 0.3) is 0 Å². The third kappa shape index (κ3) is 3.93. The van der Waals surface area contributed by atoms with Gasteiger partial charge in [-0.25, -0.2) is 4.98 Å². The van der Waals surface area contributed by atoms with Crippen LogP contribution >= 0.6 is 15.9 Å². The molecule has 0 aliphatic heterocycles. The zero-order valence-electron chi connectivity index (χ0n) is 8.98. The van der Waals surface area contributed by atoms with Gasteiger partial charge in [-0.3, -0.25) is 0 Å². The van der Waals surface area contributed by atoms with Crippen LogP contribution in [-0.4, -0.2) is 11.0 Å². The zero-order valence-corrected chi connectivity index (χ0v) is 10.6. The quantitative estimate of drug-likeness (QED) is 0.862. The number of nitrogens with one attached hydrogen (secondary N) is 1. The summed E-state index contributed by atoms with van der Waals surface area (Å²) < 4.78 is 38.4. The fraction of sp³-hybridized carbons (Fsp3) is 0.364. The maximum absolute atomic E-state index is 12.7. The fourth-order valence-electron chi connectivity index (χ4n) is 1.23. The first kappa shape index (κ1) is 13.8. The minimum absolute atomic E-state index is 0.205. The minimum Gasteiger partial charge on any atom is -0.366 e. The number of terminal acetylenes is 1. The number of hydrogen-bond acceptors (Lipinski definition) is 2. The lowest BCUT2D eigenvalue weighted by atomic mass is 10.2. The van der Waals surface area contributed by atoms with Crippen LogP contribution < -0.4 is 5.32 Å². The van der Waals surface area contributed by atoms with Crippen LogP contribution in [0.1, 0.15) is 18.9 Å². The molecule has 1 unspecified atom stereocenters. The summed E-state index contributed by atoms with van der Waals surface area (Å²) in [6.07, 6.45) is 2.28. The van der Waals surface area contributed by atoms with Gasteiger partial charge in [0.15, 0.2) is 0 Å². The van der Waals surface area contributed by atoms with E-state index in [4.69, 9.17) is 6.42 Å². The summed E-state index contributed by atoms with van der Waals surface area (Å²) in [6, 6.07) is 0.715. The Morgan fingerprint density at radius 3 is 2.76 bits per heavy atom. The van der Waals surface area contributed by atoms with Gasteiger partial charge in [0, 0.05) is 23.1 Å². The molecule has 0 bridgehead atoms. The molecule has 1 aromatic rings. The molecule has 0 saturated carbocycles. The van der Waals surface area contributed by atoms with Gasteiger partial charge in [-0.05, 0) is 28.9 Å². The van der Waals surface area contributed by atoms with Crippen LogP contribution in [0.3, 0.4) is 0 Å². The van der Waals surface area contributed by atoms with E-state index in [2.05, 4.69) is 32.2 Å². The monoisotopic (exact) mass is 306 g/mol. The molecule has 0 amide bonds. The maximum atomic E-state index is 12.7. The van der Waals surface area contributed by atoms with Crippen LogP contribution in [0.2, 0.25) is 0 Å². The predicted molar refractivity (Wildman–Crippen MR) is 63.5 cm³/mol. The highest BCUT2D eigenvalue weighted by Gasteiger charge is 2.34. The molecule has 1 rings (SSSR count). The van der Waals surface area contributed by atoms with Crippen molar-refractivity contribution in [3.05, 3.63) is 22.3 Å². The number of aromatic nitrogens is 1. The van der Waals surface area contributed by atoms with Crippen molar-refractivity contribution in [3.63, 3.8) is 0 Å². The molecule has 6 heteroatoms. The van der Waals surface area contributed by atoms with Gasteiger partial charge in [0.05, 0.1) is 5.56 Å². The van der Waals surface area contributed by atoms with Crippen LogP contribution in [0.4, 0.5) is 19.0 Å².